The van der Waals surface area contributed by atoms with Crippen LogP contribution in [0.25, 0.3) is 11.2 Å². The van der Waals surface area contributed by atoms with Gasteiger partial charge in [0, 0.05) is 19.0 Å². The van der Waals surface area contributed by atoms with Crippen molar-refractivity contribution in [3.8, 4) is 0 Å². The Hall–Kier alpha value is -3.18. The van der Waals surface area contributed by atoms with Crippen LogP contribution in [0.1, 0.15) is 46.1 Å². The van der Waals surface area contributed by atoms with Crippen molar-refractivity contribution in [1.82, 2.24) is 29.1 Å². The van der Waals surface area contributed by atoms with Gasteiger partial charge in [0.2, 0.25) is 0 Å². The first-order valence-electron chi connectivity index (χ1n) is 15.9. The van der Waals surface area contributed by atoms with Gasteiger partial charge in [-0.1, -0.05) is 20.8 Å². The van der Waals surface area contributed by atoms with Crippen molar-refractivity contribution < 1.29 is 60.8 Å². The molecule has 3 aromatic rings. The van der Waals surface area contributed by atoms with Crippen LogP contribution in [0.4, 0.5) is 11.6 Å². The molecule has 2 unspecified atom stereocenters. The highest BCUT2D eigenvalue weighted by molar-refractivity contribution is 7.47. The number of carbonyl (C=O) groups excluding carboxylic acids is 1. The summed E-state index contributed by atoms with van der Waals surface area (Å²) >= 11 is 0. The summed E-state index contributed by atoms with van der Waals surface area (Å²) < 4.78 is 66.2. The van der Waals surface area contributed by atoms with Gasteiger partial charge in [0.15, 0.2) is 19.8 Å². The molecule has 7 N–H and O–H groups in total. The average molecular weight is 793 g/mol. The molecule has 7 atom stereocenters. The van der Waals surface area contributed by atoms with Gasteiger partial charge in [-0.25, -0.2) is 33.7 Å². The zero-order valence-corrected chi connectivity index (χ0v) is 31.7. The Bertz CT molecular complexity index is 1920. The lowest BCUT2D eigenvalue weighted by atomic mass is 10.2. The minimum absolute atomic E-state index is 0.0517. The van der Waals surface area contributed by atoms with E-state index < -0.39 is 85.7 Å². The standard InChI is InChI=1S/C27H42N8O14P2Si/c1-27(2,3)52(4,5)45-12-22(36)48-15-8-21(35-14-32-23-24(29)30-13-31-25(23)35)46-17(15)11-44-51(41,42)49-16-9-20(34-7-6-19(28)33-26(34)37)47-18(16)10-43-50(38,39)40/h6-7,13-18,20-21H,8-12H2,1-5H3,(H,41,42)(H2,28,33,37)(H2,29,30,31)(H2,38,39,40)/t15-,16-,17?,18+,20+,21+/m0/s1. The number of hydrogen-bond acceptors (Lipinski definition) is 17. The van der Waals surface area contributed by atoms with Gasteiger partial charge in [0.1, 0.15) is 61.1 Å². The number of esters is 1. The van der Waals surface area contributed by atoms with Gasteiger partial charge in [-0.2, -0.15) is 4.98 Å². The van der Waals surface area contributed by atoms with E-state index in [-0.39, 0.29) is 36.1 Å². The zero-order chi connectivity index (χ0) is 38.2. The Morgan fingerprint density at radius 2 is 1.63 bits per heavy atom. The maximum absolute atomic E-state index is 13.3. The fraction of sp³-hybridized carbons (Fsp3) is 0.630. The van der Waals surface area contributed by atoms with Crippen molar-refractivity contribution in [3.05, 3.63) is 35.4 Å². The smallest absolute Gasteiger partial charge is 0.458 e. The summed E-state index contributed by atoms with van der Waals surface area (Å²) in [5, 5.41) is -0.174. The van der Waals surface area contributed by atoms with Crippen LogP contribution >= 0.6 is 15.6 Å². The molecule has 5 rings (SSSR count). The van der Waals surface area contributed by atoms with Crippen molar-refractivity contribution in [1.29, 1.82) is 0 Å². The number of imidazole rings is 1. The van der Waals surface area contributed by atoms with Gasteiger partial charge in [-0.15, -0.1) is 0 Å². The van der Waals surface area contributed by atoms with Crippen LogP contribution in [0.2, 0.25) is 18.1 Å². The van der Waals surface area contributed by atoms with E-state index in [4.69, 9.17) is 39.2 Å². The van der Waals surface area contributed by atoms with Crippen LogP contribution in [0, 0.1) is 0 Å². The number of nitrogens with zero attached hydrogens (tertiary/aromatic N) is 6. The van der Waals surface area contributed by atoms with Gasteiger partial charge < -0.3 is 44.8 Å². The maximum Gasteiger partial charge on any atom is 0.472 e. The van der Waals surface area contributed by atoms with Crippen molar-refractivity contribution >= 4 is 52.7 Å². The minimum atomic E-state index is -5.02. The molecule has 2 fully saturated rings. The van der Waals surface area contributed by atoms with Crippen LogP contribution in [-0.2, 0) is 46.1 Å². The van der Waals surface area contributed by atoms with E-state index in [0.717, 1.165) is 4.57 Å². The number of phosphoric acid groups is 2. The second-order valence-electron chi connectivity index (χ2n) is 13.6. The molecule has 52 heavy (non-hydrogen) atoms. The monoisotopic (exact) mass is 792 g/mol. The molecule has 2 saturated heterocycles. The summed E-state index contributed by atoms with van der Waals surface area (Å²) in [5.41, 5.74) is 11.3. The molecule has 5 heterocycles. The minimum Gasteiger partial charge on any atom is -0.458 e. The van der Waals surface area contributed by atoms with Crippen LogP contribution in [0.3, 0.4) is 0 Å². The Balaban J connectivity index is 1.31. The van der Waals surface area contributed by atoms with E-state index in [1.807, 2.05) is 33.9 Å². The lowest BCUT2D eigenvalue weighted by molar-refractivity contribution is -0.155. The molecular formula is C27H42N8O14P2Si. The van der Waals surface area contributed by atoms with Crippen molar-refractivity contribution in [2.24, 2.45) is 0 Å². The summed E-state index contributed by atoms with van der Waals surface area (Å²) in [7, 11) is -12.3. The third-order valence-electron chi connectivity index (χ3n) is 8.94. The molecule has 0 radical (unpaired) electrons. The third-order valence-corrected chi connectivity index (χ3v) is 14.9. The molecule has 3 aromatic heterocycles. The summed E-state index contributed by atoms with van der Waals surface area (Å²) in [6.45, 7) is 8.28. The van der Waals surface area contributed by atoms with Gasteiger partial charge in [0.25, 0.3) is 0 Å². The van der Waals surface area contributed by atoms with E-state index in [0.29, 0.717) is 11.2 Å². The number of phosphoric ester groups is 2. The topological polar surface area (TPSA) is 307 Å². The maximum atomic E-state index is 13.3. The van der Waals surface area contributed by atoms with Crippen LogP contribution in [0.5, 0.6) is 0 Å². The molecule has 0 spiro atoms. The second kappa shape index (κ2) is 15.3. The molecule has 25 heteroatoms. The number of rotatable bonds is 14. The summed E-state index contributed by atoms with van der Waals surface area (Å²) in [6, 6.07) is 1.31. The third kappa shape index (κ3) is 9.67. The number of anilines is 2. The normalized spacial score (nSPS) is 25.4. The van der Waals surface area contributed by atoms with Crippen LogP contribution in [-0.4, -0.2) is 102 Å². The fourth-order valence-electron chi connectivity index (χ4n) is 5.20. The largest absolute Gasteiger partial charge is 0.472 e. The fourth-order valence-corrected chi connectivity index (χ4v) is 7.41. The van der Waals surface area contributed by atoms with Crippen molar-refractivity contribution in [2.75, 3.05) is 31.3 Å². The van der Waals surface area contributed by atoms with Crippen molar-refractivity contribution in [3.63, 3.8) is 0 Å². The van der Waals surface area contributed by atoms with Crippen LogP contribution in [0.15, 0.2) is 29.7 Å². The molecule has 22 nitrogen and oxygen atoms in total. The van der Waals surface area contributed by atoms with Gasteiger partial charge >= 0.3 is 27.3 Å². The quantitative estimate of drug-likeness (QED) is 0.0874. The predicted molar refractivity (Wildman–Crippen MR) is 181 cm³/mol. The molecule has 0 saturated carbocycles. The van der Waals surface area contributed by atoms with E-state index in [1.165, 1.54) is 24.9 Å². The highest BCUT2D eigenvalue weighted by atomic mass is 31.2. The molecule has 2 aliphatic heterocycles. The summed E-state index contributed by atoms with van der Waals surface area (Å²) in [5.74, 6) is -0.626. The van der Waals surface area contributed by atoms with E-state index in [2.05, 4.69) is 24.5 Å². The highest BCUT2D eigenvalue weighted by Gasteiger charge is 2.46. The molecule has 0 aromatic carbocycles. The summed E-state index contributed by atoms with van der Waals surface area (Å²) in [4.78, 5) is 70.7. The number of ether oxygens (including phenoxy) is 3. The molecule has 0 bridgehead atoms. The molecule has 288 valence electrons. The average Bonchev–Trinajstić information content (AvgIpc) is 3.74. The number of nitrogen functional groups attached to an aromatic ring is 2. The van der Waals surface area contributed by atoms with E-state index in [1.54, 1.807) is 4.57 Å². The predicted octanol–water partition coefficient (Wildman–Crippen LogP) is 1.37. The van der Waals surface area contributed by atoms with E-state index >= 15 is 0 Å². The highest BCUT2D eigenvalue weighted by Crippen LogP contribution is 2.50. The first-order chi connectivity index (χ1) is 24.1. The molecular weight excluding hydrogens is 750 g/mol. The Morgan fingerprint density at radius 3 is 2.29 bits per heavy atom. The number of fused-ring (bicyclic) bond motifs is 1. The summed E-state index contributed by atoms with van der Waals surface area (Å²) in [6.07, 6.45) is -3.11. The van der Waals surface area contributed by atoms with Crippen molar-refractivity contribution in [2.45, 2.75) is 88.6 Å². The number of nitrogens with two attached hydrogens (primary N) is 2. The van der Waals surface area contributed by atoms with Gasteiger partial charge in [0.05, 0.1) is 19.5 Å². The molecule has 0 amide bonds. The Kier molecular flexibility index (Phi) is 11.8. The lowest BCUT2D eigenvalue weighted by Crippen LogP contribution is -2.43. The van der Waals surface area contributed by atoms with Gasteiger partial charge in [-0.05, 0) is 24.2 Å². The first kappa shape index (κ1) is 40.0. The lowest BCUT2D eigenvalue weighted by Gasteiger charge is -2.35. The SMILES string of the molecule is CC(C)(C)[Si](C)(C)OCC(=O)O[C@H]1C[C@H](n2cnc3c(N)ncnc32)OC1COP(=O)(O)O[C@H]1C[C@H](n2ccc(N)nc2=O)O[C@@H]1COP(=O)(O)O. The van der Waals surface area contributed by atoms with Gasteiger partial charge in [-0.3, -0.25) is 22.7 Å². The second-order valence-corrected chi connectivity index (χ2v) is 21.1. The van der Waals surface area contributed by atoms with E-state index in [9.17, 15) is 33.4 Å². The van der Waals surface area contributed by atoms with Crippen LogP contribution < -0.4 is 17.2 Å². The number of carbonyl (C=O) groups is 1. The molecule has 2 aliphatic rings. The Morgan fingerprint density at radius 1 is 1.00 bits per heavy atom. The molecule has 0 aliphatic carbocycles. The number of aromatic nitrogens is 6. The zero-order valence-electron chi connectivity index (χ0n) is 28.9. The number of hydrogen-bond donors (Lipinski definition) is 5. The first-order valence-corrected chi connectivity index (χ1v) is 21.8. The Labute approximate surface area is 297 Å².